The summed E-state index contributed by atoms with van der Waals surface area (Å²) in [6, 6.07) is 0. The van der Waals surface area contributed by atoms with E-state index in [-0.39, 0.29) is 5.54 Å². The second-order valence-corrected chi connectivity index (χ2v) is 5.86. The Kier molecular flexibility index (Phi) is 4.24. The zero-order valence-electron chi connectivity index (χ0n) is 11.5. The van der Waals surface area contributed by atoms with Crippen LogP contribution < -0.4 is 0 Å². The van der Waals surface area contributed by atoms with Crippen LogP contribution in [0.2, 0.25) is 0 Å². The third-order valence-electron chi connectivity index (χ3n) is 4.82. The van der Waals surface area contributed by atoms with Gasteiger partial charge < -0.3 is 0 Å². The number of hydrogen-bond acceptors (Lipinski definition) is 2. The molecule has 3 heterocycles. The Morgan fingerprint density at radius 2 is 1.65 bits per heavy atom. The lowest BCUT2D eigenvalue weighted by Gasteiger charge is -2.53. The molecule has 0 N–H and O–H groups in total. The first-order chi connectivity index (χ1) is 8.24. The lowest BCUT2D eigenvalue weighted by molar-refractivity contribution is -0.149. The topological polar surface area (TPSA) is 20.3 Å². The van der Waals surface area contributed by atoms with Crippen LogP contribution in [0.4, 0.5) is 0 Å². The van der Waals surface area contributed by atoms with Crippen molar-refractivity contribution < 1.29 is 4.79 Å². The minimum absolute atomic E-state index is 0.0484. The minimum Gasteiger partial charge on any atom is -0.297 e. The number of rotatable bonds is 6. The highest BCUT2D eigenvalue weighted by atomic mass is 16.1. The van der Waals surface area contributed by atoms with Gasteiger partial charge in [-0.15, -0.1) is 0 Å². The van der Waals surface area contributed by atoms with Gasteiger partial charge in [0.15, 0.2) is 5.78 Å². The Morgan fingerprint density at radius 3 is 2.06 bits per heavy atom. The van der Waals surface area contributed by atoms with Gasteiger partial charge in [-0.2, -0.15) is 0 Å². The molecule has 3 aliphatic rings. The predicted octanol–water partition coefficient (Wildman–Crippen LogP) is 3.40. The smallest absolute Gasteiger partial charge is 0.156 e. The SMILES string of the molecule is CCCCC1(CCCC)C(=O)C2CCN1CC2. The largest absolute Gasteiger partial charge is 0.297 e. The van der Waals surface area contributed by atoms with E-state index >= 15 is 0 Å². The van der Waals surface area contributed by atoms with Crippen molar-refractivity contribution >= 4 is 5.78 Å². The monoisotopic (exact) mass is 237 g/mol. The summed E-state index contributed by atoms with van der Waals surface area (Å²) in [5.41, 5.74) is -0.0484. The fourth-order valence-electron chi connectivity index (χ4n) is 3.73. The van der Waals surface area contributed by atoms with E-state index in [1.807, 2.05) is 0 Å². The molecule has 0 unspecified atom stereocenters. The van der Waals surface area contributed by atoms with Gasteiger partial charge in [-0.3, -0.25) is 9.69 Å². The summed E-state index contributed by atoms with van der Waals surface area (Å²) in [5.74, 6) is 0.991. The molecule has 0 spiro atoms. The fraction of sp³-hybridized carbons (Fsp3) is 0.933. The van der Waals surface area contributed by atoms with E-state index in [9.17, 15) is 4.79 Å². The van der Waals surface area contributed by atoms with Crippen molar-refractivity contribution in [3.63, 3.8) is 0 Å². The van der Waals surface area contributed by atoms with E-state index < -0.39 is 0 Å². The number of hydrogen-bond donors (Lipinski definition) is 0. The van der Waals surface area contributed by atoms with Crippen molar-refractivity contribution in [3.8, 4) is 0 Å². The van der Waals surface area contributed by atoms with Gasteiger partial charge >= 0.3 is 0 Å². The molecule has 0 atom stereocenters. The molecule has 0 aromatic heterocycles. The third-order valence-corrected chi connectivity index (χ3v) is 4.82. The van der Waals surface area contributed by atoms with E-state index in [1.165, 1.54) is 38.8 Å². The molecule has 98 valence electrons. The van der Waals surface area contributed by atoms with Gasteiger partial charge in [0.1, 0.15) is 0 Å². The van der Waals surface area contributed by atoms with Gasteiger partial charge in [-0.1, -0.05) is 39.5 Å². The van der Waals surface area contributed by atoms with Crippen LogP contribution in [0, 0.1) is 5.92 Å². The molecule has 17 heavy (non-hydrogen) atoms. The number of carbonyl (C=O) groups is 1. The lowest BCUT2D eigenvalue weighted by Crippen LogP contribution is -2.64. The average molecular weight is 237 g/mol. The lowest BCUT2D eigenvalue weighted by atomic mass is 9.69. The number of nitrogens with zero attached hydrogens (tertiary/aromatic N) is 1. The summed E-state index contributed by atoms with van der Waals surface area (Å²) >= 11 is 0. The zero-order valence-corrected chi connectivity index (χ0v) is 11.5. The zero-order chi connectivity index (χ0) is 12.3. The Hall–Kier alpha value is -0.370. The first-order valence-electron chi connectivity index (χ1n) is 7.54. The van der Waals surface area contributed by atoms with Crippen molar-refractivity contribution in [1.82, 2.24) is 4.90 Å². The summed E-state index contributed by atoms with van der Waals surface area (Å²) in [7, 11) is 0. The normalized spacial score (nSPS) is 30.8. The molecule has 3 aliphatic heterocycles. The number of carbonyl (C=O) groups excluding carboxylic acids is 1. The minimum atomic E-state index is -0.0484. The number of unbranched alkanes of at least 4 members (excludes halogenated alkanes) is 2. The second kappa shape index (κ2) is 5.51. The van der Waals surface area contributed by atoms with Gasteiger partial charge in [0.25, 0.3) is 0 Å². The van der Waals surface area contributed by atoms with E-state index in [0.717, 1.165) is 25.7 Å². The summed E-state index contributed by atoms with van der Waals surface area (Å²) in [4.78, 5) is 15.2. The van der Waals surface area contributed by atoms with E-state index in [4.69, 9.17) is 0 Å². The Morgan fingerprint density at radius 1 is 1.12 bits per heavy atom. The van der Waals surface area contributed by atoms with Gasteiger partial charge in [0.05, 0.1) is 5.54 Å². The van der Waals surface area contributed by atoms with Crippen LogP contribution in [-0.2, 0) is 4.79 Å². The van der Waals surface area contributed by atoms with Crippen molar-refractivity contribution in [3.05, 3.63) is 0 Å². The molecule has 0 saturated carbocycles. The molecule has 0 radical (unpaired) electrons. The average Bonchev–Trinajstić information content (AvgIpc) is 2.38. The standard InChI is InChI=1S/C15H27NO/c1-3-5-9-15(10-6-4-2)14(17)13-7-11-16(15)12-8-13/h13H,3-12H2,1-2H3. The maximum absolute atomic E-state index is 12.7. The number of fused-ring (bicyclic) bond motifs is 3. The highest BCUT2D eigenvalue weighted by molar-refractivity contribution is 5.92. The maximum Gasteiger partial charge on any atom is 0.156 e. The summed E-state index contributed by atoms with van der Waals surface area (Å²) in [6.07, 6.45) is 9.30. The number of ketones is 1. The van der Waals surface area contributed by atoms with Gasteiger partial charge in [0, 0.05) is 5.92 Å². The maximum atomic E-state index is 12.7. The van der Waals surface area contributed by atoms with Crippen LogP contribution in [0.5, 0.6) is 0 Å². The molecular formula is C15H27NO. The van der Waals surface area contributed by atoms with E-state index in [2.05, 4.69) is 18.7 Å². The first kappa shape index (κ1) is 13.1. The van der Waals surface area contributed by atoms with Crippen LogP contribution in [0.1, 0.15) is 65.2 Å². The van der Waals surface area contributed by atoms with Crippen LogP contribution in [0.3, 0.4) is 0 Å². The molecule has 3 saturated heterocycles. The summed E-state index contributed by atoms with van der Waals surface area (Å²) < 4.78 is 0. The quantitative estimate of drug-likeness (QED) is 0.705. The predicted molar refractivity (Wildman–Crippen MR) is 71.1 cm³/mol. The molecule has 0 amide bonds. The Balaban J connectivity index is 2.15. The van der Waals surface area contributed by atoms with Crippen LogP contribution >= 0.6 is 0 Å². The van der Waals surface area contributed by atoms with Crippen LogP contribution in [0.25, 0.3) is 0 Å². The van der Waals surface area contributed by atoms with Crippen molar-refractivity contribution in [2.24, 2.45) is 5.92 Å². The van der Waals surface area contributed by atoms with Crippen molar-refractivity contribution in [2.75, 3.05) is 13.1 Å². The van der Waals surface area contributed by atoms with Crippen molar-refractivity contribution in [2.45, 2.75) is 70.8 Å². The van der Waals surface area contributed by atoms with Gasteiger partial charge in [-0.05, 0) is 38.8 Å². The third kappa shape index (κ3) is 2.29. The summed E-state index contributed by atoms with van der Waals surface area (Å²) in [6.45, 7) is 6.80. The van der Waals surface area contributed by atoms with Gasteiger partial charge in [0.2, 0.25) is 0 Å². The molecule has 3 rings (SSSR count). The highest BCUT2D eigenvalue weighted by Crippen LogP contribution is 2.42. The van der Waals surface area contributed by atoms with Gasteiger partial charge in [-0.25, -0.2) is 0 Å². The second-order valence-electron chi connectivity index (χ2n) is 5.86. The molecule has 2 nitrogen and oxygen atoms in total. The van der Waals surface area contributed by atoms with Crippen LogP contribution in [-0.4, -0.2) is 29.3 Å². The fourth-order valence-corrected chi connectivity index (χ4v) is 3.73. The van der Waals surface area contributed by atoms with E-state index in [1.54, 1.807) is 0 Å². The highest BCUT2D eigenvalue weighted by Gasteiger charge is 2.51. The molecule has 2 bridgehead atoms. The van der Waals surface area contributed by atoms with E-state index in [0.29, 0.717) is 11.7 Å². The first-order valence-corrected chi connectivity index (χ1v) is 7.54. The molecule has 0 aromatic carbocycles. The molecule has 2 heteroatoms. The Labute approximate surface area is 106 Å². The van der Waals surface area contributed by atoms with Crippen molar-refractivity contribution in [1.29, 1.82) is 0 Å². The number of piperidine rings is 3. The van der Waals surface area contributed by atoms with Crippen LogP contribution in [0.15, 0.2) is 0 Å². The summed E-state index contributed by atoms with van der Waals surface area (Å²) in [5, 5.41) is 0. The molecule has 0 aromatic rings. The molecule has 0 aliphatic carbocycles. The molecule has 3 fully saturated rings. The number of Topliss-reactive ketones (excluding diaryl/α,β-unsaturated/α-hetero) is 1. The Bertz CT molecular complexity index is 258. The molecular weight excluding hydrogens is 210 g/mol.